The van der Waals surface area contributed by atoms with E-state index in [1.807, 2.05) is 19.1 Å². The Bertz CT molecular complexity index is 307. The maximum absolute atomic E-state index is 9.61. The van der Waals surface area contributed by atoms with Gasteiger partial charge >= 0.3 is 0 Å². The third-order valence-corrected chi connectivity index (χ3v) is 2.38. The van der Waals surface area contributed by atoms with Crippen molar-refractivity contribution in [3.63, 3.8) is 0 Å². The molecule has 0 amide bonds. The van der Waals surface area contributed by atoms with Gasteiger partial charge in [-0.15, -0.1) is 6.58 Å². The molecule has 0 aliphatic heterocycles. The summed E-state index contributed by atoms with van der Waals surface area (Å²) < 4.78 is 0. The average Bonchev–Trinajstić information content (AvgIpc) is 2.10. The summed E-state index contributed by atoms with van der Waals surface area (Å²) in [6, 6.07) is 5.59. The molecule has 0 unspecified atom stereocenters. The van der Waals surface area contributed by atoms with Crippen molar-refractivity contribution in [3.8, 4) is 0 Å². The zero-order valence-electron chi connectivity index (χ0n) is 7.63. The fourth-order valence-electron chi connectivity index (χ4n) is 1.11. The number of halogens is 1. The molecule has 0 radical (unpaired) electrons. The number of hydrogen-bond donors (Lipinski definition) is 1. The number of benzene rings is 1. The number of rotatable bonds is 3. The molecule has 0 saturated heterocycles. The van der Waals surface area contributed by atoms with Crippen LogP contribution in [0.25, 0.3) is 0 Å². The lowest BCUT2D eigenvalue weighted by Gasteiger charge is -2.09. The molecule has 0 aliphatic carbocycles. The van der Waals surface area contributed by atoms with E-state index in [0.29, 0.717) is 11.4 Å². The SMILES string of the molecule is C=CC[C@@H](O)c1ccc(C)c(Cl)c1. The molecule has 1 N–H and O–H groups in total. The molecule has 2 heteroatoms. The second kappa shape index (κ2) is 4.45. The smallest absolute Gasteiger partial charge is 0.0824 e. The van der Waals surface area contributed by atoms with Gasteiger partial charge in [-0.2, -0.15) is 0 Å². The van der Waals surface area contributed by atoms with Gasteiger partial charge in [0.15, 0.2) is 0 Å². The van der Waals surface area contributed by atoms with Crippen LogP contribution in [0.1, 0.15) is 23.7 Å². The highest BCUT2D eigenvalue weighted by Crippen LogP contribution is 2.23. The summed E-state index contributed by atoms with van der Waals surface area (Å²) in [6.07, 6.45) is 1.76. The highest BCUT2D eigenvalue weighted by molar-refractivity contribution is 6.31. The number of aliphatic hydroxyl groups is 1. The summed E-state index contributed by atoms with van der Waals surface area (Å²) in [7, 11) is 0. The summed E-state index contributed by atoms with van der Waals surface area (Å²) >= 11 is 5.92. The monoisotopic (exact) mass is 196 g/mol. The highest BCUT2D eigenvalue weighted by Gasteiger charge is 2.06. The van der Waals surface area contributed by atoms with Crippen molar-refractivity contribution < 1.29 is 5.11 Å². The first kappa shape index (κ1) is 10.3. The molecular formula is C11H13ClO. The van der Waals surface area contributed by atoms with Crippen molar-refractivity contribution in [2.75, 3.05) is 0 Å². The minimum Gasteiger partial charge on any atom is -0.388 e. The maximum atomic E-state index is 9.61. The van der Waals surface area contributed by atoms with E-state index in [4.69, 9.17) is 11.6 Å². The van der Waals surface area contributed by atoms with Gasteiger partial charge in [0.1, 0.15) is 0 Å². The Morgan fingerprint density at radius 1 is 1.62 bits per heavy atom. The van der Waals surface area contributed by atoms with Crippen LogP contribution in [-0.2, 0) is 0 Å². The molecule has 1 aromatic rings. The molecule has 1 rings (SSSR count). The number of hydrogen-bond acceptors (Lipinski definition) is 1. The molecule has 13 heavy (non-hydrogen) atoms. The third-order valence-electron chi connectivity index (χ3n) is 1.97. The summed E-state index contributed by atoms with van der Waals surface area (Å²) in [5.41, 5.74) is 1.87. The van der Waals surface area contributed by atoms with Crippen LogP contribution in [0.3, 0.4) is 0 Å². The number of aryl methyl sites for hydroxylation is 1. The lowest BCUT2D eigenvalue weighted by atomic mass is 10.1. The normalized spacial score (nSPS) is 12.5. The van der Waals surface area contributed by atoms with Gasteiger partial charge in [-0.05, 0) is 30.5 Å². The fourth-order valence-corrected chi connectivity index (χ4v) is 1.30. The highest BCUT2D eigenvalue weighted by atomic mass is 35.5. The van der Waals surface area contributed by atoms with Crippen molar-refractivity contribution in [2.45, 2.75) is 19.4 Å². The fraction of sp³-hybridized carbons (Fsp3) is 0.273. The molecular weight excluding hydrogens is 184 g/mol. The molecule has 0 saturated carbocycles. The van der Waals surface area contributed by atoms with Crippen molar-refractivity contribution >= 4 is 11.6 Å². The molecule has 1 aromatic carbocycles. The average molecular weight is 197 g/mol. The van der Waals surface area contributed by atoms with Gasteiger partial charge in [0.05, 0.1) is 6.10 Å². The first-order valence-corrected chi connectivity index (χ1v) is 4.58. The van der Waals surface area contributed by atoms with Gasteiger partial charge < -0.3 is 5.11 Å². The van der Waals surface area contributed by atoms with E-state index >= 15 is 0 Å². The molecule has 1 atom stereocenters. The maximum Gasteiger partial charge on any atom is 0.0824 e. The molecule has 0 aromatic heterocycles. The van der Waals surface area contributed by atoms with Crippen LogP contribution < -0.4 is 0 Å². The predicted molar refractivity (Wildman–Crippen MR) is 56.0 cm³/mol. The van der Waals surface area contributed by atoms with Gasteiger partial charge in [-0.3, -0.25) is 0 Å². The van der Waals surface area contributed by atoms with Gasteiger partial charge in [0.25, 0.3) is 0 Å². The Balaban J connectivity index is 2.89. The summed E-state index contributed by atoms with van der Waals surface area (Å²) in [4.78, 5) is 0. The molecule has 0 bridgehead atoms. The second-order valence-corrected chi connectivity index (χ2v) is 3.46. The Labute approximate surface area is 83.7 Å². The van der Waals surface area contributed by atoms with Gasteiger partial charge in [0.2, 0.25) is 0 Å². The van der Waals surface area contributed by atoms with E-state index in [9.17, 15) is 5.11 Å². The standard InChI is InChI=1S/C11H13ClO/c1-3-4-11(13)9-6-5-8(2)10(12)7-9/h3,5-7,11,13H,1,4H2,2H3/t11-/m1/s1. The Hall–Kier alpha value is -0.790. The van der Waals surface area contributed by atoms with E-state index in [1.165, 1.54) is 0 Å². The van der Waals surface area contributed by atoms with Gasteiger partial charge in [-0.1, -0.05) is 29.8 Å². The summed E-state index contributed by atoms with van der Waals surface area (Å²) in [6.45, 7) is 5.51. The molecule has 0 fully saturated rings. The predicted octanol–water partition coefficient (Wildman–Crippen LogP) is 3.26. The lowest BCUT2D eigenvalue weighted by Crippen LogP contribution is -1.95. The van der Waals surface area contributed by atoms with E-state index in [2.05, 4.69) is 6.58 Å². The molecule has 0 spiro atoms. The van der Waals surface area contributed by atoms with Crippen LogP contribution in [0.15, 0.2) is 30.9 Å². The van der Waals surface area contributed by atoms with E-state index in [0.717, 1.165) is 11.1 Å². The zero-order chi connectivity index (χ0) is 9.84. The van der Waals surface area contributed by atoms with E-state index < -0.39 is 6.10 Å². The Morgan fingerprint density at radius 2 is 2.31 bits per heavy atom. The third kappa shape index (κ3) is 2.58. The van der Waals surface area contributed by atoms with Crippen molar-refractivity contribution in [1.29, 1.82) is 0 Å². The second-order valence-electron chi connectivity index (χ2n) is 3.05. The molecule has 1 nitrogen and oxygen atoms in total. The molecule has 0 aliphatic rings. The van der Waals surface area contributed by atoms with E-state index in [1.54, 1.807) is 12.1 Å². The van der Waals surface area contributed by atoms with Crippen LogP contribution in [0.4, 0.5) is 0 Å². The topological polar surface area (TPSA) is 20.2 Å². The van der Waals surface area contributed by atoms with Gasteiger partial charge in [0, 0.05) is 5.02 Å². The number of aliphatic hydroxyl groups excluding tert-OH is 1. The van der Waals surface area contributed by atoms with Crippen LogP contribution in [0.2, 0.25) is 5.02 Å². The first-order valence-electron chi connectivity index (χ1n) is 4.20. The Morgan fingerprint density at radius 3 is 2.85 bits per heavy atom. The van der Waals surface area contributed by atoms with Crippen LogP contribution in [-0.4, -0.2) is 5.11 Å². The van der Waals surface area contributed by atoms with E-state index in [-0.39, 0.29) is 0 Å². The first-order chi connectivity index (χ1) is 6.15. The van der Waals surface area contributed by atoms with Crippen LogP contribution >= 0.6 is 11.6 Å². The quantitative estimate of drug-likeness (QED) is 0.736. The van der Waals surface area contributed by atoms with Crippen molar-refractivity contribution in [1.82, 2.24) is 0 Å². The van der Waals surface area contributed by atoms with Crippen molar-refractivity contribution in [2.24, 2.45) is 0 Å². The minimum absolute atomic E-state index is 0.490. The minimum atomic E-state index is -0.490. The lowest BCUT2D eigenvalue weighted by molar-refractivity contribution is 0.181. The van der Waals surface area contributed by atoms with Gasteiger partial charge in [-0.25, -0.2) is 0 Å². The Kier molecular flexibility index (Phi) is 3.52. The van der Waals surface area contributed by atoms with Crippen molar-refractivity contribution in [3.05, 3.63) is 47.0 Å². The summed E-state index contributed by atoms with van der Waals surface area (Å²) in [5.74, 6) is 0. The summed E-state index contributed by atoms with van der Waals surface area (Å²) in [5, 5.41) is 10.3. The molecule has 70 valence electrons. The molecule has 0 heterocycles. The van der Waals surface area contributed by atoms with Crippen LogP contribution in [0.5, 0.6) is 0 Å². The van der Waals surface area contributed by atoms with Crippen LogP contribution in [0, 0.1) is 6.92 Å². The largest absolute Gasteiger partial charge is 0.388 e. The zero-order valence-corrected chi connectivity index (χ0v) is 8.38.